The van der Waals surface area contributed by atoms with Crippen LogP contribution in [0.4, 0.5) is 0 Å². The Labute approximate surface area is 514 Å². The number of allylic oxidation sites excluding steroid dienone is 18. The molecule has 0 bridgehead atoms. The van der Waals surface area contributed by atoms with Crippen molar-refractivity contribution in [2.75, 3.05) is 13.2 Å². The number of esters is 3. The minimum absolute atomic E-state index is 0.0781. The summed E-state index contributed by atoms with van der Waals surface area (Å²) in [6.07, 6.45) is 96.8. The second-order valence-corrected chi connectivity index (χ2v) is 23.4. The van der Waals surface area contributed by atoms with Gasteiger partial charge in [0.25, 0.3) is 0 Å². The molecule has 0 heterocycles. The minimum Gasteiger partial charge on any atom is -0.462 e. The van der Waals surface area contributed by atoms with E-state index in [4.69, 9.17) is 14.2 Å². The van der Waals surface area contributed by atoms with E-state index in [-0.39, 0.29) is 31.1 Å². The molecule has 0 aliphatic carbocycles. The largest absolute Gasteiger partial charge is 0.462 e. The molecule has 0 saturated heterocycles. The fourth-order valence-electron chi connectivity index (χ4n) is 9.99. The van der Waals surface area contributed by atoms with Gasteiger partial charge in [-0.3, -0.25) is 14.4 Å². The summed E-state index contributed by atoms with van der Waals surface area (Å²) in [5.41, 5.74) is 0. The summed E-state index contributed by atoms with van der Waals surface area (Å²) in [6, 6.07) is 0. The van der Waals surface area contributed by atoms with Gasteiger partial charge >= 0.3 is 17.9 Å². The molecule has 0 radical (unpaired) electrons. The maximum Gasteiger partial charge on any atom is 0.306 e. The summed E-state index contributed by atoms with van der Waals surface area (Å²) in [5, 5.41) is 0. The fraction of sp³-hybridized carbons (Fsp3) is 0.727. The van der Waals surface area contributed by atoms with Gasteiger partial charge < -0.3 is 14.2 Å². The fourth-order valence-corrected chi connectivity index (χ4v) is 9.99. The normalized spacial score (nSPS) is 12.8. The van der Waals surface area contributed by atoms with E-state index in [2.05, 4.69) is 130 Å². The van der Waals surface area contributed by atoms with Crippen LogP contribution in [0.5, 0.6) is 0 Å². The predicted molar refractivity (Wildman–Crippen MR) is 362 cm³/mol. The molecule has 0 fully saturated rings. The molecule has 0 spiro atoms. The lowest BCUT2D eigenvalue weighted by atomic mass is 10.0. The van der Waals surface area contributed by atoms with E-state index in [1.54, 1.807) is 0 Å². The molecule has 83 heavy (non-hydrogen) atoms. The number of unbranched alkanes of at least 4 members (excludes halogenated alkanes) is 35. The van der Waals surface area contributed by atoms with Gasteiger partial charge in [0, 0.05) is 19.3 Å². The third kappa shape index (κ3) is 68.7. The highest BCUT2D eigenvalue weighted by Crippen LogP contribution is 2.17. The Morgan fingerprint density at radius 3 is 0.735 bits per heavy atom. The number of hydrogen-bond donors (Lipinski definition) is 0. The topological polar surface area (TPSA) is 78.9 Å². The molecular weight excluding hydrogens is 1020 g/mol. The van der Waals surface area contributed by atoms with Gasteiger partial charge in [-0.25, -0.2) is 0 Å². The van der Waals surface area contributed by atoms with Gasteiger partial charge in [-0.05, 0) is 109 Å². The molecule has 1 atom stereocenters. The Morgan fingerprint density at radius 2 is 0.470 bits per heavy atom. The van der Waals surface area contributed by atoms with Crippen molar-refractivity contribution in [2.24, 2.45) is 0 Å². The first kappa shape index (κ1) is 79.1. The average molecular weight is 1150 g/mol. The average Bonchev–Trinajstić information content (AvgIpc) is 3.48. The molecule has 1 unspecified atom stereocenters. The molecule has 0 rings (SSSR count). The van der Waals surface area contributed by atoms with Crippen molar-refractivity contribution in [3.63, 3.8) is 0 Å². The molecule has 0 aliphatic rings. The van der Waals surface area contributed by atoms with Crippen LogP contribution in [0.2, 0.25) is 0 Å². The smallest absolute Gasteiger partial charge is 0.306 e. The lowest BCUT2D eigenvalue weighted by molar-refractivity contribution is -0.167. The lowest BCUT2D eigenvalue weighted by Crippen LogP contribution is -2.30. The van der Waals surface area contributed by atoms with Crippen molar-refractivity contribution in [1.29, 1.82) is 0 Å². The Morgan fingerprint density at radius 1 is 0.253 bits per heavy atom. The van der Waals surface area contributed by atoms with Crippen LogP contribution in [0, 0.1) is 0 Å². The maximum atomic E-state index is 12.9. The Kier molecular flexibility index (Phi) is 67.2. The molecular formula is C77H132O6. The first-order chi connectivity index (χ1) is 41.0. The lowest BCUT2D eigenvalue weighted by Gasteiger charge is -2.18. The third-order valence-corrected chi connectivity index (χ3v) is 15.3. The third-order valence-electron chi connectivity index (χ3n) is 15.3. The Hall–Kier alpha value is -3.93. The van der Waals surface area contributed by atoms with Gasteiger partial charge in [-0.1, -0.05) is 323 Å². The summed E-state index contributed by atoms with van der Waals surface area (Å²) in [6.45, 7) is 6.53. The predicted octanol–water partition coefficient (Wildman–Crippen LogP) is 24.6. The van der Waals surface area contributed by atoms with Crippen molar-refractivity contribution in [3.05, 3.63) is 109 Å². The van der Waals surface area contributed by atoms with E-state index in [1.165, 1.54) is 193 Å². The Bertz CT molecular complexity index is 1660. The SMILES string of the molecule is CC/C=C\C/C=C\C/C=C\C/C=C\C/C=C\C/C=C\CCCCCCCCCCCCC(=O)OCC(COC(=O)CCCCCCCCCCCCC)OC(=O)CCCCCCCCCCCC/C=C\C/C=C\C/C=C\CCCCCCC. The number of rotatable bonds is 64. The van der Waals surface area contributed by atoms with E-state index in [1.807, 2.05) is 0 Å². The van der Waals surface area contributed by atoms with Crippen molar-refractivity contribution in [2.45, 2.75) is 348 Å². The van der Waals surface area contributed by atoms with Crippen LogP contribution in [-0.2, 0) is 28.6 Å². The molecule has 0 aromatic carbocycles. The van der Waals surface area contributed by atoms with E-state index >= 15 is 0 Å². The van der Waals surface area contributed by atoms with Crippen molar-refractivity contribution >= 4 is 17.9 Å². The van der Waals surface area contributed by atoms with Crippen molar-refractivity contribution in [1.82, 2.24) is 0 Å². The van der Waals surface area contributed by atoms with Crippen LogP contribution in [0.1, 0.15) is 342 Å². The number of hydrogen-bond acceptors (Lipinski definition) is 6. The maximum absolute atomic E-state index is 12.9. The number of carbonyl (C=O) groups is 3. The van der Waals surface area contributed by atoms with Crippen LogP contribution in [-0.4, -0.2) is 37.2 Å². The highest BCUT2D eigenvalue weighted by molar-refractivity contribution is 5.71. The van der Waals surface area contributed by atoms with Crippen LogP contribution >= 0.6 is 0 Å². The van der Waals surface area contributed by atoms with Crippen LogP contribution in [0.15, 0.2) is 109 Å². The first-order valence-corrected chi connectivity index (χ1v) is 35.4. The molecule has 6 heteroatoms. The summed E-state index contributed by atoms with van der Waals surface area (Å²) >= 11 is 0. The summed E-state index contributed by atoms with van der Waals surface area (Å²) in [7, 11) is 0. The molecule has 476 valence electrons. The molecule has 0 aliphatic heterocycles. The highest BCUT2D eigenvalue weighted by Gasteiger charge is 2.19. The van der Waals surface area contributed by atoms with Crippen LogP contribution < -0.4 is 0 Å². The molecule has 0 N–H and O–H groups in total. The molecule has 0 aromatic rings. The van der Waals surface area contributed by atoms with Gasteiger partial charge in [0.05, 0.1) is 0 Å². The van der Waals surface area contributed by atoms with Gasteiger partial charge in [0.1, 0.15) is 13.2 Å². The zero-order valence-electron chi connectivity index (χ0n) is 54.7. The molecule has 0 saturated carbocycles. The van der Waals surface area contributed by atoms with E-state index in [9.17, 15) is 14.4 Å². The van der Waals surface area contributed by atoms with Crippen LogP contribution in [0.3, 0.4) is 0 Å². The molecule has 6 nitrogen and oxygen atoms in total. The molecule has 0 aromatic heterocycles. The highest BCUT2D eigenvalue weighted by atomic mass is 16.6. The quantitative estimate of drug-likeness (QED) is 0.0261. The monoisotopic (exact) mass is 1150 g/mol. The first-order valence-electron chi connectivity index (χ1n) is 35.4. The zero-order chi connectivity index (χ0) is 59.9. The van der Waals surface area contributed by atoms with Gasteiger partial charge in [0.2, 0.25) is 0 Å². The van der Waals surface area contributed by atoms with E-state index in [0.29, 0.717) is 19.3 Å². The molecule has 0 amide bonds. The van der Waals surface area contributed by atoms with E-state index < -0.39 is 6.10 Å². The Balaban J connectivity index is 4.26. The van der Waals surface area contributed by atoms with Gasteiger partial charge in [-0.15, -0.1) is 0 Å². The standard InChI is InChI=1S/C77H132O6/c1-4-7-10-13-16-19-22-24-26-28-30-32-34-36-37-38-39-41-42-44-46-48-50-52-55-58-61-64-67-70-76(79)82-73-74(72-81-75(78)69-66-63-60-57-54-21-18-15-12-9-6-3)83-77(80)71-68-65-62-59-56-53-51-49-47-45-43-40-35-33-31-29-27-25-23-20-17-14-11-8-5-2/h7,10,16,19,23-26,29-32,35-37,39-41,74H,4-6,8-9,11-15,17-18,20-22,27-28,33-34,38,42-73H2,1-3H3/b10-7-,19-16-,25-23-,26-24-,31-29-,32-30-,37-36-,40-35-,41-39-. The van der Waals surface area contributed by atoms with Crippen molar-refractivity contribution < 1.29 is 28.6 Å². The van der Waals surface area contributed by atoms with Gasteiger partial charge in [-0.2, -0.15) is 0 Å². The minimum atomic E-state index is -0.783. The summed E-state index contributed by atoms with van der Waals surface area (Å²) < 4.78 is 17.0. The summed E-state index contributed by atoms with van der Waals surface area (Å²) in [5.74, 6) is -0.874. The second-order valence-electron chi connectivity index (χ2n) is 23.4. The zero-order valence-corrected chi connectivity index (χ0v) is 54.7. The number of carbonyl (C=O) groups excluding carboxylic acids is 3. The summed E-state index contributed by atoms with van der Waals surface area (Å²) in [4.78, 5) is 38.4. The second kappa shape index (κ2) is 70.6. The van der Waals surface area contributed by atoms with Gasteiger partial charge in [0.15, 0.2) is 6.10 Å². The number of ether oxygens (including phenoxy) is 3. The van der Waals surface area contributed by atoms with Crippen molar-refractivity contribution in [3.8, 4) is 0 Å². The van der Waals surface area contributed by atoms with Crippen LogP contribution in [0.25, 0.3) is 0 Å². The van der Waals surface area contributed by atoms with E-state index in [0.717, 1.165) is 109 Å².